The molecule has 0 fully saturated rings. The zero-order chi connectivity index (χ0) is 5.21. The van der Waals surface area contributed by atoms with E-state index in [9.17, 15) is 8.78 Å². The van der Waals surface area contributed by atoms with Gasteiger partial charge in [0, 0.05) is 6.92 Å². The Morgan fingerprint density at radius 1 is 1.83 bits per heavy atom. The minimum atomic E-state index is -3.04. The van der Waals surface area contributed by atoms with Gasteiger partial charge >= 0.3 is 7.54 Å². The third-order valence-electron chi connectivity index (χ3n) is 0.135. The van der Waals surface area contributed by atoms with Crippen LogP contribution in [0.15, 0.2) is 0 Å². The van der Waals surface area contributed by atoms with Crippen LogP contribution in [-0.4, -0.2) is 6.11 Å². The van der Waals surface area contributed by atoms with Crippen molar-refractivity contribution in [2.24, 2.45) is 0 Å². The van der Waals surface area contributed by atoms with E-state index in [0.29, 0.717) is 6.92 Å². The van der Waals surface area contributed by atoms with Gasteiger partial charge in [0.1, 0.15) is 16.3 Å². The van der Waals surface area contributed by atoms with E-state index in [0.717, 1.165) is 0 Å². The van der Waals surface area contributed by atoms with Crippen molar-refractivity contribution in [3.8, 4) is 0 Å². The highest BCUT2D eigenvalue weighted by Gasteiger charge is 2.19. The van der Waals surface area contributed by atoms with Crippen molar-refractivity contribution < 1.29 is 14.0 Å². The minimum Gasteiger partial charge on any atom is -0.241 e. The maximum Gasteiger partial charge on any atom is 1.00 e. The lowest BCUT2D eigenvalue weighted by atomic mass is 10.8. The minimum absolute atomic E-state index is 0. The molecule has 0 bridgehead atoms. The fraction of sp³-hybridized carbons (Fsp3) is 1.00. The Balaban J connectivity index is 0. The van der Waals surface area contributed by atoms with E-state index in [1.807, 2.05) is 0 Å². The molecule has 0 heterocycles. The van der Waals surface area contributed by atoms with Gasteiger partial charge in [0.05, 0.1) is 0 Å². The maximum absolute atomic E-state index is 11.2. The second-order valence-electron chi connectivity index (χ2n) is 0.885. The monoisotopic (exact) mass is 161 g/mol. The number of rotatable bonds is 1. The lowest BCUT2D eigenvalue weighted by Crippen LogP contribution is -2.07. The first-order valence-corrected chi connectivity index (χ1v) is 1.88. The van der Waals surface area contributed by atoms with E-state index in [2.05, 4.69) is 20.1 Å². The van der Waals surface area contributed by atoms with Crippen LogP contribution in [0.5, 0.6) is 0 Å². The molecule has 0 aromatic rings. The van der Waals surface area contributed by atoms with Gasteiger partial charge in [-0.2, -0.15) is 8.78 Å². The lowest BCUT2D eigenvalue weighted by Gasteiger charge is -2.00. The molecule has 0 spiro atoms. The van der Waals surface area contributed by atoms with E-state index in [-0.39, 0.29) is 1.43 Å². The van der Waals surface area contributed by atoms with Crippen molar-refractivity contribution in [2.45, 2.75) is 13.0 Å². The van der Waals surface area contributed by atoms with Crippen molar-refractivity contribution in [2.75, 3.05) is 0 Å². The highest BCUT2D eigenvalue weighted by molar-refractivity contribution is 9.06. The van der Waals surface area contributed by atoms with Gasteiger partial charge in [-0.3, -0.25) is 0 Å². The van der Waals surface area contributed by atoms with Crippen molar-refractivity contribution in [1.29, 1.82) is 0 Å². The average molecular weight is 162 g/mol. The molecule has 0 aliphatic rings. The first-order chi connectivity index (χ1) is 2.56. The van der Waals surface area contributed by atoms with Crippen LogP contribution in [0.4, 0.5) is 8.78 Å². The summed E-state index contributed by atoms with van der Waals surface area (Å²) >= 11 is 2.12. The number of halogens is 3. The van der Waals surface area contributed by atoms with Gasteiger partial charge in [-0.05, 0) is 0 Å². The zero-order valence-corrected chi connectivity index (χ0v) is 4.63. The molecule has 0 saturated carbocycles. The standard InChI is InChI=1S/C2H3BrF2O/c1-2(4,5)6-3/h1H3/p+1. The number of hydrogen-bond acceptors (Lipinski definition) is 1. The Labute approximate surface area is 44.2 Å². The fourth-order valence-electron chi connectivity index (χ4n) is 0. The normalized spacial score (nSPS) is 12.0. The van der Waals surface area contributed by atoms with Crippen LogP contribution >= 0.6 is 16.3 Å². The molecule has 0 saturated heterocycles. The molecule has 0 aliphatic carbocycles. The Morgan fingerprint density at radius 2 is 2.00 bits per heavy atom. The molecule has 6 heavy (non-hydrogen) atoms. The Kier molecular flexibility index (Phi) is 1.93. The first kappa shape index (κ1) is 6.30. The van der Waals surface area contributed by atoms with E-state index >= 15 is 0 Å². The van der Waals surface area contributed by atoms with E-state index in [1.54, 1.807) is 0 Å². The quantitative estimate of drug-likeness (QED) is 0.573. The van der Waals surface area contributed by atoms with Crippen molar-refractivity contribution >= 4 is 16.3 Å². The van der Waals surface area contributed by atoms with Gasteiger partial charge < -0.3 is 0 Å². The summed E-state index contributed by atoms with van der Waals surface area (Å²) in [5, 5.41) is 0. The summed E-state index contributed by atoms with van der Waals surface area (Å²) in [7, 11) is 0. The Morgan fingerprint density at radius 3 is 2.00 bits per heavy atom. The zero-order valence-electron chi connectivity index (χ0n) is 4.04. The summed E-state index contributed by atoms with van der Waals surface area (Å²) in [5.74, 6) is 0. The summed E-state index contributed by atoms with van der Waals surface area (Å²) < 4.78 is 25.8. The molecule has 0 atom stereocenters. The van der Waals surface area contributed by atoms with Gasteiger partial charge in [0.25, 0.3) is 0 Å². The molecule has 0 aromatic heterocycles. The summed E-state index contributed by atoms with van der Waals surface area (Å²) in [6.45, 7) is 0.641. The van der Waals surface area contributed by atoms with Gasteiger partial charge in [0.15, 0.2) is 0 Å². The van der Waals surface area contributed by atoms with E-state index in [4.69, 9.17) is 0 Å². The Bertz CT molecular complexity index is 45.4. The smallest absolute Gasteiger partial charge is 0.241 e. The first-order valence-electron chi connectivity index (χ1n) is 1.24. The topological polar surface area (TPSA) is 9.23 Å². The molecule has 0 amide bonds. The third kappa shape index (κ3) is 4.30. The highest BCUT2D eigenvalue weighted by Crippen LogP contribution is 2.15. The van der Waals surface area contributed by atoms with Crippen LogP contribution in [0.2, 0.25) is 0 Å². The van der Waals surface area contributed by atoms with E-state index < -0.39 is 6.11 Å². The molecule has 1 nitrogen and oxygen atoms in total. The predicted molar refractivity (Wildman–Crippen MR) is 21.7 cm³/mol. The molecule has 0 aromatic carbocycles. The Hall–Kier alpha value is 0.300. The molecular weight excluding hydrogens is 158 g/mol. The van der Waals surface area contributed by atoms with E-state index in [1.165, 1.54) is 0 Å². The van der Waals surface area contributed by atoms with Crippen molar-refractivity contribution in [3.05, 3.63) is 0 Å². The second-order valence-corrected chi connectivity index (χ2v) is 1.21. The van der Waals surface area contributed by atoms with Gasteiger partial charge in [-0.25, -0.2) is 3.83 Å². The molecule has 0 aliphatic heterocycles. The fourth-order valence-corrected chi connectivity index (χ4v) is 0. The summed E-state index contributed by atoms with van der Waals surface area (Å²) in [4.78, 5) is 0. The van der Waals surface area contributed by atoms with Crippen molar-refractivity contribution in [3.63, 3.8) is 0 Å². The van der Waals surface area contributed by atoms with Gasteiger partial charge in [-0.1, -0.05) is 0 Å². The molecule has 0 N–H and O–H groups in total. The van der Waals surface area contributed by atoms with Gasteiger partial charge in [-0.15, -0.1) is 0 Å². The van der Waals surface area contributed by atoms with Crippen LogP contribution in [0.1, 0.15) is 8.35 Å². The predicted octanol–water partition coefficient (Wildman–Crippen LogP) is 2.04. The highest BCUT2D eigenvalue weighted by atomic mass is 79.9. The van der Waals surface area contributed by atoms with Crippen LogP contribution < -0.4 is 0 Å². The molecule has 38 valence electrons. The average Bonchev–Trinajstić information content (AvgIpc) is 1.35. The summed E-state index contributed by atoms with van der Waals surface area (Å²) in [6, 6.07) is 0. The SMILES string of the molecule is CC(F)(F)OBr.[H+]. The van der Waals surface area contributed by atoms with Crippen LogP contribution in [0.3, 0.4) is 0 Å². The molecule has 0 rings (SSSR count). The maximum atomic E-state index is 11.2. The molecular formula is C2H4BrF2O+. The lowest BCUT2D eigenvalue weighted by molar-refractivity contribution is -0.140. The molecule has 4 heteroatoms. The van der Waals surface area contributed by atoms with Crippen LogP contribution in [-0.2, 0) is 3.83 Å². The van der Waals surface area contributed by atoms with Crippen LogP contribution in [0, 0.1) is 0 Å². The largest absolute Gasteiger partial charge is 1.00 e. The van der Waals surface area contributed by atoms with Gasteiger partial charge in [0.2, 0.25) is 0 Å². The van der Waals surface area contributed by atoms with Crippen LogP contribution in [0.25, 0.3) is 0 Å². The molecule has 0 unspecified atom stereocenters. The number of hydrogen-bond donors (Lipinski definition) is 0. The summed E-state index contributed by atoms with van der Waals surface area (Å²) in [5.41, 5.74) is 0. The van der Waals surface area contributed by atoms with Crippen molar-refractivity contribution in [1.82, 2.24) is 0 Å². The second kappa shape index (κ2) is 1.84. The third-order valence-corrected chi connectivity index (χ3v) is 0.704. The number of alkyl halides is 2. The summed E-state index contributed by atoms with van der Waals surface area (Å²) in [6.07, 6.45) is -3.04. The molecule has 0 radical (unpaired) electrons.